The van der Waals surface area contributed by atoms with Gasteiger partial charge >= 0.3 is 6.03 Å². The molecule has 4 rings (SSSR count). The Balaban J connectivity index is 1.39. The van der Waals surface area contributed by atoms with E-state index in [-0.39, 0.29) is 6.03 Å². The molecule has 2 amide bonds. The number of hydrogen-bond donors (Lipinski definition) is 2. The molecule has 1 aromatic carbocycles. The van der Waals surface area contributed by atoms with Crippen LogP contribution in [0.5, 0.6) is 0 Å². The molecule has 118 valence electrons. The van der Waals surface area contributed by atoms with E-state index in [1.807, 2.05) is 24.3 Å². The summed E-state index contributed by atoms with van der Waals surface area (Å²) in [6.07, 6.45) is 4.68. The highest BCUT2D eigenvalue weighted by atomic mass is 32.1. The van der Waals surface area contributed by atoms with Gasteiger partial charge in [-0.25, -0.2) is 9.78 Å². The van der Waals surface area contributed by atoms with Gasteiger partial charge in [0.15, 0.2) is 0 Å². The summed E-state index contributed by atoms with van der Waals surface area (Å²) >= 11 is 3.02. The molecule has 0 radical (unpaired) electrons. The Labute approximate surface area is 141 Å². The van der Waals surface area contributed by atoms with Crippen LogP contribution in [0.4, 0.5) is 9.80 Å². The molecule has 1 aliphatic carbocycles. The Morgan fingerprint density at radius 3 is 3.00 bits per heavy atom. The zero-order valence-electron chi connectivity index (χ0n) is 12.5. The topological polar surface area (TPSA) is 66.9 Å². The van der Waals surface area contributed by atoms with Crippen molar-refractivity contribution in [3.8, 4) is 0 Å². The maximum Gasteiger partial charge on any atom is 0.320 e. The molecule has 0 unspecified atom stereocenters. The summed E-state index contributed by atoms with van der Waals surface area (Å²) in [5.74, 6) is 0. The number of anilines is 1. The van der Waals surface area contributed by atoms with Crippen molar-refractivity contribution in [2.24, 2.45) is 0 Å². The highest BCUT2D eigenvalue weighted by Crippen LogP contribution is 2.28. The zero-order valence-corrected chi connectivity index (χ0v) is 14.1. The summed E-state index contributed by atoms with van der Waals surface area (Å²) < 4.78 is 4.32. The van der Waals surface area contributed by atoms with Crippen molar-refractivity contribution in [2.75, 3.05) is 5.32 Å². The summed E-state index contributed by atoms with van der Waals surface area (Å²) in [5.41, 5.74) is 2.13. The van der Waals surface area contributed by atoms with E-state index in [1.165, 1.54) is 34.9 Å². The molecule has 2 heterocycles. The van der Waals surface area contributed by atoms with E-state index in [0.29, 0.717) is 6.54 Å². The van der Waals surface area contributed by atoms with E-state index in [0.717, 1.165) is 33.8 Å². The normalized spacial score (nSPS) is 13.7. The smallest absolute Gasteiger partial charge is 0.320 e. The predicted octanol–water partition coefficient (Wildman–Crippen LogP) is 3.95. The molecule has 1 aliphatic rings. The van der Waals surface area contributed by atoms with Crippen LogP contribution in [-0.4, -0.2) is 15.4 Å². The van der Waals surface area contributed by atoms with Crippen molar-refractivity contribution < 1.29 is 4.79 Å². The largest absolute Gasteiger partial charge is 0.331 e. The third-order valence-corrected chi connectivity index (χ3v) is 5.85. The number of aryl methyl sites for hydroxylation is 2. The Morgan fingerprint density at radius 1 is 1.22 bits per heavy atom. The van der Waals surface area contributed by atoms with Crippen molar-refractivity contribution in [3.63, 3.8) is 0 Å². The molecular weight excluding hydrogens is 328 g/mol. The number of carbonyl (C=O) groups excluding carboxylic acids is 1. The molecule has 3 aromatic rings. The van der Waals surface area contributed by atoms with Gasteiger partial charge in [0.2, 0.25) is 0 Å². The summed E-state index contributed by atoms with van der Waals surface area (Å²) in [4.78, 5) is 18.1. The van der Waals surface area contributed by atoms with Crippen LogP contribution in [-0.2, 0) is 19.4 Å². The molecule has 5 nitrogen and oxygen atoms in total. The van der Waals surface area contributed by atoms with Crippen molar-refractivity contribution in [2.45, 2.75) is 32.2 Å². The number of thiazole rings is 1. The minimum atomic E-state index is -0.215. The SMILES string of the molecule is O=C(NCc1nc2c(s1)CCCC2)Nc1snc2ccccc12. The first-order valence-electron chi connectivity index (χ1n) is 7.66. The van der Waals surface area contributed by atoms with Gasteiger partial charge in [0, 0.05) is 10.3 Å². The first-order valence-corrected chi connectivity index (χ1v) is 9.25. The lowest BCUT2D eigenvalue weighted by atomic mass is 10.0. The van der Waals surface area contributed by atoms with Crippen LogP contribution in [0.2, 0.25) is 0 Å². The van der Waals surface area contributed by atoms with Crippen molar-refractivity contribution in [1.82, 2.24) is 14.7 Å². The molecule has 7 heteroatoms. The fraction of sp³-hybridized carbons (Fsp3) is 0.312. The Morgan fingerprint density at radius 2 is 2.09 bits per heavy atom. The van der Waals surface area contributed by atoms with Gasteiger partial charge in [0.05, 0.1) is 17.8 Å². The average Bonchev–Trinajstić information content (AvgIpc) is 3.17. The summed E-state index contributed by atoms with van der Waals surface area (Å²) in [6.45, 7) is 0.472. The van der Waals surface area contributed by atoms with Crippen LogP contribution in [0.1, 0.15) is 28.4 Å². The van der Waals surface area contributed by atoms with Crippen molar-refractivity contribution >= 4 is 44.8 Å². The Kier molecular flexibility index (Phi) is 3.97. The number of carbonyl (C=O) groups is 1. The van der Waals surface area contributed by atoms with Crippen molar-refractivity contribution in [3.05, 3.63) is 39.8 Å². The second-order valence-corrected chi connectivity index (χ2v) is 7.46. The first-order chi connectivity index (χ1) is 11.3. The molecule has 0 saturated carbocycles. The predicted molar refractivity (Wildman–Crippen MR) is 94.2 cm³/mol. The molecule has 0 bridgehead atoms. The van der Waals surface area contributed by atoms with Crippen LogP contribution in [0, 0.1) is 0 Å². The van der Waals surface area contributed by atoms with E-state index in [1.54, 1.807) is 11.3 Å². The second kappa shape index (κ2) is 6.25. The van der Waals surface area contributed by atoms with Gasteiger partial charge < -0.3 is 5.32 Å². The van der Waals surface area contributed by atoms with Crippen molar-refractivity contribution in [1.29, 1.82) is 0 Å². The van der Waals surface area contributed by atoms with Gasteiger partial charge in [0.1, 0.15) is 10.0 Å². The molecule has 2 aromatic heterocycles. The fourth-order valence-electron chi connectivity index (χ4n) is 2.76. The molecule has 2 N–H and O–H groups in total. The maximum atomic E-state index is 12.1. The average molecular weight is 344 g/mol. The van der Waals surface area contributed by atoms with Crippen LogP contribution in [0.25, 0.3) is 10.9 Å². The lowest BCUT2D eigenvalue weighted by Gasteiger charge is -2.06. The number of nitrogens with one attached hydrogen (secondary N) is 2. The monoisotopic (exact) mass is 344 g/mol. The van der Waals surface area contributed by atoms with Crippen LogP contribution >= 0.6 is 22.9 Å². The molecule has 0 spiro atoms. The summed E-state index contributed by atoms with van der Waals surface area (Å²) in [6, 6.07) is 7.57. The molecule has 0 aliphatic heterocycles. The number of hydrogen-bond acceptors (Lipinski definition) is 5. The van der Waals surface area contributed by atoms with Gasteiger partial charge in [-0.3, -0.25) is 5.32 Å². The Hall–Kier alpha value is -1.99. The summed E-state index contributed by atoms with van der Waals surface area (Å²) in [5, 5.41) is 8.50. The van der Waals surface area contributed by atoms with Gasteiger partial charge in [-0.05, 0) is 49.3 Å². The van der Waals surface area contributed by atoms with Gasteiger partial charge in [0.25, 0.3) is 0 Å². The standard InChI is InChI=1S/C16H16N4OS2/c21-16(19-15-10-5-1-2-6-11(10)20-23-15)17-9-14-18-12-7-3-4-8-13(12)22-14/h1-2,5-6H,3-4,7-9H2,(H2,17,19,21). The number of urea groups is 1. The number of aromatic nitrogens is 2. The quantitative estimate of drug-likeness (QED) is 0.756. The lowest BCUT2D eigenvalue weighted by Crippen LogP contribution is -2.27. The van der Waals surface area contributed by atoms with E-state index in [4.69, 9.17) is 0 Å². The number of benzene rings is 1. The minimum absolute atomic E-state index is 0.215. The van der Waals surface area contributed by atoms with Gasteiger partial charge in [-0.15, -0.1) is 11.3 Å². The number of amides is 2. The minimum Gasteiger partial charge on any atom is -0.331 e. The number of rotatable bonds is 3. The molecule has 0 saturated heterocycles. The molecule has 0 atom stereocenters. The molecule has 23 heavy (non-hydrogen) atoms. The van der Waals surface area contributed by atoms with Gasteiger partial charge in [-0.1, -0.05) is 12.1 Å². The summed E-state index contributed by atoms with van der Waals surface area (Å²) in [7, 11) is 0. The second-order valence-electron chi connectivity index (χ2n) is 5.52. The third kappa shape index (κ3) is 3.07. The zero-order chi connectivity index (χ0) is 15.6. The molecule has 0 fully saturated rings. The first kappa shape index (κ1) is 14.6. The Bertz CT molecular complexity index is 831. The maximum absolute atomic E-state index is 12.1. The van der Waals surface area contributed by atoms with Crippen LogP contribution in [0.15, 0.2) is 24.3 Å². The van der Waals surface area contributed by atoms with E-state index < -0.39 is 0 Å². The highest BCUT2D eigenvalue weighted by molar-refractivity contribution is 7.12. The van der Waals surface area contributed by atoms with E-state index in [2.05, 4.69) is 20.0 Å². The van der Waals surface area contributed by atoms with Crippen LogP contribution < -0.4 is 10.6 Å². The van der Waals surface area contributed by atoms with Crippen LogP contribution in [0.3, 0.4) is 0 Å². The third-order valence-electron chi connectivity index (χ3n) is 3.90. The van der Waals surface area contributed by atoms with Gasteiger partial charge in [-0.2, -0.15) is 4.37 Å². The molecular formula is C16H16N4OS2. The fourth-order valence-corrected chi connectivity index (χ4v) is 4.62. The lowest BCUT2D eigenvalue weighted by molar-refractivity contribution is 0.252. The number of nitrogens with zero attached hydrogens (tertiary/aromatic N) is 2. The number of fused-ring (bicyclic) bond motifs is 2. The van der Waals surface area contributed by atoms with E-state index in [9.17, 15) is 4.79 Å². The highest BCUT2D eigenvalue weighted by Gasteiger charge is 2.15. The van der Waals surface area contributed by atoms with E-state index >= 15 is 0 Å².